The Kier molecular flexibility index (Phi) is 9.20. The van der Waals surface area contributed by atoms with Crippen LogP contribution in [0.5, 0.6) is 11.5 Å². The molecular formula is C42H40N4OPt. The number of pyridine rings is 1. The fourth-order valence-corrected chi connectivity index (χ4v) is 6.61. The van der Waals surface area contributed by atoms with Gasteiger partial charge < -0.3 is 9.30 Å². The summed E-state index contributed by atoms with van der Waals surface area (Å²) in [5, 5.41) is 7.25. The van der Waals surface area contributed by atoms with Crippen LogP contribution < -0.4 is 4.74 Å². The van der Waals surface area contributed by atoms with E-state index in [1.54, 1.807) is 0 Å². The Morgan fingerprint density at radius 2 is 1.58 bits per heavy atom. The summed E-state index contributed by atoms with van der Waals surface area (Å²) >= 11 is 0. The monoisotopic (exact) mass is 811 g/mol. The van der Waals surface area contributed by atoms with Gasteiger partial charge in [-0.2, -0.15) is 16.7 Å². The third kappa shape index (κ3) is 6.49. The van der Waals surface area contributed by atoms with E-state index >= 15 is 0 Å². The average Bonchev–Trinajstić information content (AvgIpc) is 3.52. The molecule has 0 spiro atoms. The van der Waals surface area contributed by atoms with Crippen LogP contribution in [0, 0.1) is 38.3 Å². The van der Waals surface area contributed by atoms with Crippen molar-refractivity contribution >= 4 is 21.8 Å². The van der Waals surface area contributed by atoms with Crippen molar-refractivity contribution in [2.24, 2.45) is 5.41 Å². The van der Waals surface area contributed by atoms with E-state index < -0.39 is 0 Å². The normalized spacial score (nSPS) is 11.6. The van der Waals surface area contributed by atoms with E-state index in [0.717, 1.165) is 74.4 Å². The first-order valence-corrected chi connectivity index (χ1v) is 16.4. The molecule has 0 saturated carbocycles. The average molecular weight is 812 g/mol. The molecule has 3 heterocycles. The van der Waals surface area contributed by atoms with Gasteiger partial charge in [-0.15, -0.1) is 35.7 Å². The van der Waals surface area contributed by atoms with Crippen molar-refractivity contribution in [3.8, 4) is 34.1 Å². The summed E-state index contributed by atoms with van der Waals surface area (Å²) < 4.78 is 10.7. The molecular weight excluding hydrogens is 772 g/mol. The number of benzene rings is 4. The topological polar surface area (TPSA) is 44.9 Å². The molecule has 3 aromatic heterocycles. The van der Waals surface area contributed by atoms with E-state index in [9.17, 15) is 0 Å². The molecule has 0 fully saturated rings. The van der Waals surface area contributed by atoms with Crippen molar-refractivity contribution in [1.29, 1.82) is 0 Å². The van der Waals surface area contributed by atoms with E-state index in [-0.39, 0.29) is 26.5 Å². The van der Waals surface area contributed by atoms with Crippen LogP contribution in [0.4, 0.5) is 0 Å². The number of fused-ring (bicyclic) bond motifs is 3. The van der Waals surface area contributed by atoms with E-state index in [0.29, 0.717) is 11.5 Å². The molecule has 6 heteroatoms. The maximum atomic E-state index is 6.57. The maximum absolute atomic E-state index is 6.57. The van der Waals surface area contributed by atoms with Gasteiger partial charge in [0.25, 0.3) is 0 Å². The molecule has 7 aromatic rings. The van der Waals surface area contributed by atoms with Gasteiger partial charge in [0.05, 0.1) is 5.69 Å². The minimum Gasteiger partial charge on any atom is -0.509 e. The number of rotatable bonds is 7. The van der Waals surface area contributed by atoms with Gasteiger partial charge in [-0.05, 0) is 78.6 Å². The molecule has 0 aliphatic heterocycles. The van der Waals surface area contributed by atoms with Crippen LogP contribution in [-0.2, 0) is 33.9 Å². The second-order valence-electron chi connectivity index (χ2n) is 13.7. The first kappa shape index (κ1) is 33.4. The van der Waals surface area contributed by atoms with Gasteiger partial charge >= 0.3 is 21.1 Å². The quantitative estimate of drug-likeness (QED) is 0.151. The summed E-state index contributed by atoms with van der Waals surface area (Å²) in [6, 6.07) is 36.8. The van der Waals surface area contributed by atoms with Crippen LogP contribution in [0.3, 0.4) is 0 Å². The van der Waals surface area contributed by atoms with Gasteiger partial charge in [-0.25, -0.2) is 4.98 Å². The summed E-state index contributed by atoms with van der Waals surface area (Å²) in [5.41, 5.74) is 11.0. The number of hydrogen-bond acceptors (Lipinski definition) is 3. The number of hydrogen-bond donors (Lipinski definition) is 0. The Morgan fingerprint density at radius 1 is 0.792 bits per heavy atom. The maximum Gasteiger partial charge on any atom is 2.00 e. The largest absolute Gasteiger partial charge is 2.00 e. The van der Waals surface area contributed by atoms with Gasteiger partial charge in [0, 0.05) is 34.5 Å². The van der Waals surface area contributed by atoms with Crippen LogP contribution in [0.2, 0.25) is 0 Å². The second-order valence-corrected chi connectivity index (χ2v) is 13.7. The van der Waals surface area contributed by atoms with E-state index in [4.69, 9.17) is 14.8 Å². The Balaban J connectivity index is 0.00000401. The third-order valence-corrected chi connectivity index (χ3v) is 8.68. The second kappa shape index (κ2) is 13.2. The molecule has 0 saturated heterocycles. The minimum atomic E-state index is 0. The number of ether oxygens (including phenoxy) is 1. The molecule has 0 bridgehead atoms. The molecule has 244 valence electrons. The van der Waals surface area contributed by atoms with E-state index in [1.165, 1.54) is 10.9 Å². The smallest absolute Gasteiger partial charge is 0.509 e. The van der Waals surface area contributed by atoms with Gasteiger partial charge in [-0.3, -0.25) is 4.68 Å². The van der Waals surface area contributed by atoms with Gasteiger partial charge in [0.15, 0.2) is 0 Å². The van der Waals surface area contributed by atoms with Crippen LogP contribution in [0.15, 0.2) is 91.1 Å². The molecule has 0 atom stereocenters. The molecule has 0 amide bonds. The van der Waals surface area contributed by atoms with Crippen LogP contribution in [-0.4, -0.2) is 19.3 Å². The van der Waals surface area contributed by atoms with Gasteiger partial charge in [-0.1, -0.05) is 82.1 Å². The van der Waals surface area contributed by atoms with Crippen molar-refractivity contribution in [2.45, 2.75) is 61.3 Å². The molecule has 0 aliphatic rings. The van der Waals surface area contributed by atoms with E-state index in [2.05, 4.69) is 132 Å². The first-order valence-electron chi connectivity index (χ1n) is 16.4. The molecule has 4 aromatic carbocycles. The van der Waals surface area contributed by atoms with Gasteiger partial charge in [0.1, 0.15) is 5.82 Å². The molecule has 0 unspecified atom stereocenters. The molecule has 48 heavy (non-hydrogen) atoms. The van der Waals surface area contributed by atoms with Crippen molar-refractivity contribution in [3.05, 3.63) is 131 Å². The molecule has 7 rings (SSSR count). The summed E-state index contributed by atoms with van der Waals surface area (Å²) in [6.07, 6.45) is 3.72. The van der Waals surface area contributed by atoms with Crippen molar-refractivity contribution in [1.82, 2.24) is 19.3 Å². The Labute approximate surface area is 297 Å². The van der Waals surface area contributed by atoms with E-state index in [1.807, 2.05) is 29.1 Å². The van der Waals surface area contributed by atoms with Gasteiger partial charge in [0.2, 0.25) is 0 Å². The molecule has 5 nitrogen and oxygen atoms in total. The van der Waals surface area contributed by atoms with Crippen LogP contribution in [0.1, 0.15) is 55.8 Å². The van der Waals surface area contributed by atoms with Crippen LogP contribution >= 0.6 is 0 Å². The molecule has 0 N–H and O–H groups in total. The minimum absolute atomic E-state index is 0. The Hall–Kier alpha value is -4.47. The van der Waals surface area contributed by atoms with Crippen LogP contribution in [0.25, 0.3) is 44.4 Å². The molecule has 0 aliphatic carbocycles. The zero-order chi connectivity index (χ0) is 32.9. The fourth-order valence-electron chi connectivity index (χ4n) is 6.61. The Morgan fingerprint density at radius 3 is 2.31 bits per heavy atom. The SMILES string of the molecule is CCc1cc(Oc2[c-]c3c(cc2)c2cc(CC(C)(C)C)ccc2n3-c2cc(C)ccn2)[c-]c(-n2nc(C)c(-c3ccccc3)c2C)c1.[Pt+2]. The standard InChI is InChI=1S/C42H40N4O.Pt/c1-8-30-21-33(46-29(4)41(28(3)44-46)32-12-10-9-11-13-32)24-35(22-30)47-34-15-16-36-37-23-31(26-42(5,6)7)14-17-38(37)45(39(36)25-34)40-20-27(2)18-19-43-40;/h9-23H,8,26H2,1-7H3;/q-2;+2. The zero-order valence-corrected chi connectivity index (χ0v) is 30.9. The number of aryl methyl sites for hydroxylation is 3. The third-order valence-electron chi connectivity index (χ3n) is 8.68. The summed E-state index contributed by atoms with van der Waals surface area (Å²) in [7, 11) is 0. The Bertz CT molecular complexity index is 2260. The predicted octanol–water partition coefficient (Wildman–Crippen LogP) is 10.5. The van der Waals surface area contributed by atoms with Crippen molar-refractivity contribution in [2.75, 3.05) is 0 Å². The zero-order valence-electron chi connectivity index (χ0n) is 28.6. The number of aromatic nitrogens is 4. The summed E-state index contributed by atoms with van der Waals surface area (Å²) in [6.45, 7) is 15.3. The van der Waals surface area contributed by atoms with Crippen molar-refractivity contribution in [3.63, 3.8) is 0 Å². The fraction of sp³-hybridized carbons (Fsp3) is 0.238. The summed E-state index contributed by atoms with van der Waals surface area (Å²) in [4.78, 5) is 4.77. The predicted molar refractivity (Wildman–Crippen MR) is 192 cm³/mol. The molecule has 0 radical (unpaired) electrons. The summed E-state index contributed by atoms with van der Waals surface area (Å²) in [5.74, 6) is 2.12. The number of nitrogens with zero attached hydrogens (tertiary/aromatic N) is 4. The van der Waals surface area contributed by atoms with Crippen molar-refractivity contribution < 1.29 is 25.8 Å². The first-order chi connectivity index (χ1) is 22.6.